The summed E-state index contributed by atoms with van der Waals surface area (Å²) in [5.41, 5.74) is 28.8. The van der Waals surface area contributed by atoms with Crippen LogP contribution in [-0.4, -0.2) is 0 Å². The van der Waals surface area contributed by atoms with Crippen LogP contribution in [0.15, 0.2) is 18.2 Å². The van der Waals surface area contributed by atoms with E-state index in [4.69, 9.17) is 28.7 Å². The van der Waals surface area contributed by atoms with Crippen LogP contribution in [0.25, 0.3) is 0 Å². The van der Waals surface area contributed by atoms with Crippen LogP contribution in [0.1, 0.15) is 5.56 Å². The Balaban J connectivity index is 3.18. The van der Waals surface area contributed by atoms with Crippen LogP contribution in [0, 0.1) is 0 Å². The number of nitrogen functional groups attached to an aromatic ring is 2. The van der Waals surface area contributed by atoms with Gasteiger partial charge in [-0.1, -0.05) is 0 Å². The lowest BCUT2D eigenvalue weighted by Crippen LogP contribution is -2.54. The maximum atomic E-state index is 5.51. The summed E-state index contributed by atoms with van der Waals surface area (Å²) < 4.78 is 0. The minimum atomic E-state index is -1.39. The van der Waals surface area contributed by atoms with Crippen molar-refractivity contribution in [3.05, 3.63) is 23.8 Å². The second-order valence-electron chi connectivity index (χ2n) is 2.82. The highest BCUT2D eigenvalue weighted by Gasteiger charge is 2.15. The van der Waals surface area contributed by atoms with Crippen molar-refractivity contribution in [3.8, 4) is 0 Å². The Morgan fingerprint density at radius 3 is 1.58 bits per heavy atom. The highest BCUT2D eigenvalue weighted by atomic mass is 15.1. The fourth-order valence-corrected chi connectivity index (χ4v) is 0.927. The molecular weight excluding hydrogens is 154 g/mol. The summed E-state index contributed by atoms with van der Waals surface area (Å²) in [5.74, 6) is -1.39. The molecule has 0 radical (unpaired) electrons. The maximum absolute atomic E-state index is 5.51. The van der Waals surface area contributed by atoms with E-state index in [1.165, 1.54) is 0 Å². The molecule has 0 saturated heterocycles. The van der Waals surface area contributed by atoms with Gasteiger partial charge < -0.3 is 11.5 Å². The standard InChI is InChI=1S/C7H13N5/c8-5-1-4(7(10,11)12)2-6(9)3-5/h1-3H,8-12H2. The van der Waals surface area contributed by atoms with Crippen LogP contribution in [0.4, 0.5) is 11.4 Å². The van der Waals surface area contributed by atoms with E-state index in [0.29, 0.717) is 16.9 Å². The van der Waals surface area contributed by atoms with E-state index < -0.39 is 5.79 Å². The lowest BCUT2D eigenvalue weighted by molar-refractivity contribution is 0.489. The number of hydrogen-bond donors (Lipinski definition) is 5. The Bertz CT molecular complexity index is 268. The molecule has 0 aliphatic carbocycles. The van der Waals surface area contributed by atoms with Gasteiger partial charge in [-0.2, -0.15) is 0 Å². The lowest BCUT2D eigenvalue weighted by atomic mass is 10.1. The molecule has 0 saturated carbocycles. The van der Waals surface area contributed by atoms with Crippen LogP contribution in [-0.2, 0) is 5.79 Å². The van der Waals surface area contributed by atoms with Crippen molar-refractivity contribution >= 4 is 11.4 Å². The largest absolute Gasteiger partial charge is 0.399 e. The van der Waals surface area contributed by atoms with E-state index in [1.807, 2.05) is 0 Å². The number of rotatable bonds is 1. The van der Waals surface area contributed by atoms with Crippen molar-refractivity contribution in [1.29, 1.82) is 0 Å². The van der Waals surface area contributed by atoms with Gasteiger partial charge in [-0.3, -0.25) is 17.2 Å². The molecule has 0 heterocycles. The second kappa shape index (κ2) is 2.63. The second-order valence-corrected chi connectivity index (χ2v) is 2.82. The molecular formula is C7H13N5. The van der Waals surface area contributed by atoms with Crippen molar-refractivity contribution < 1.29 is 0 Å². The normalized spacial score (nSPS) is 11.6. The van der Waals surface area contributed by atoms with Crippen molar-refractivity contribution in [2.45, 2.75) is 5.79 Å². The Hall–Kier alpha value is -1.30. The van der Waals surface area contributed by atoms with Gasteiger partial charge in [0.15, 0.2) is 0 Å². The molecule has 0 aliphatic heterocycles. The van der Waals surface area contributed by atoms with Gasteiger partial charge in [-0.25, -0.2) is 0 Å². The van der Waals surface area contributed by atoms with Crippen molar-refractivity contribution in [2.24, 2.45) is 17.2 Å². The summed E-state index contributed by atoms with van der Waals surface area (Å²) >= 11 is 0. The summed E-state index contributed by atoms with van der Waals surface area (Å²) in [4.78, 5) is 0. The third-order valence-electron chi connectivity index (χ3n) is 1.48. The SMILES string of the molecule is Nc1cc(N)cc(C(N)(N)N)c1. The Kier molecular flexibility index (Phi) is 1.93. The molecule has 0 spiro atoms. The monoisotopic (exact) mass is 167 g/mol. The zero-order valence-electron chi connectivity index (χ0n) is 6.62. The molecule has 0 amide bonds. The average Bonchev–Trinajstić information content (AvgIpc) is 1.82. The van der Waals surface area contributed by atoms with E-state index in [0.717, 1.165) is 0 Å². The molecule has 0 fully saturated rings. The molecule has 5 heteroatoms. The van der Waals surface area contributed by atoms with Gasteiger partial charge >= 0.3 is 0 Å². The summed E-state index contributed by atoms with van der Waals surface area (Å²) in [7, 11) is 0. The van der Waals surface area contributed by atoms with Gasteiger partial charge in [0.2, 0.25) is 0 Å². The molecule has 1 aromatic rings. The van der Waals surface area contributed by atoms with Crippen LogP contribution in [0.5, 0.6) is 0 Å². The Morgan fingerprint density at radius 2 is 1.25 bits per heavy atom. The van der Waals surface area contributed by atoms with Crippen molar-refractivity contribution in [3.63, 3.8) is 0 Å². The van der Waals surface area contributed by atoms with E-state index in [1.54, 1.807) is 18.2 Å². The van der Waals surface area contributed by atoms with Crippen LogP contribution >= 0.6 is 0 Å². The first-order chi connectivity index (χ1) is 5.39. The van der Waals surface area contributed by atoms with E-state index in [2.05, 4.69) is 0 Å². The number of anilines is 2. The molecule has 66 valence electrons. The molecule has 12 heavy (non-hydrogen) atoms. The minimum Gasteiger partial charge on any atom is -0.399 e. The molecule has 0 unspecified atom stereocenters. The van der Waals surface area contributed by atoms with Gasteiger partial charge in [0.25, 0.3) is 0 Å². The summed E-state index contributed by atoms with van der Waals surface area (Å²) in [6.45, 7) is 0. The minimum absolute atomic E-state index is 0.496. The van der Waals surface area contributed by atoms with Crippen molar-refractivity contribution in [1.82, 2.24) is 0 Å². The zero-order chi connectivity index (χ0) is 9.35. The predicted octanol–water partition coefficient (Wildman–Crippen LogP) is -1.16. The van der Waals surface area contributed by atoms with Crippen LogP contribution in [0.3, 0.4) is 0 Å². The Labute approximate surface area is 70.5 Å². The van der Waals surface area contributed by atoms with E-state index >= 15 is 0 Å². The third-order valence-corrected chi connectivity index (χ3v) is 1.48. The van der Waals surface area contributed by atoms with Gasteiger partial charge in [0, 0.05) is 16.9 Å². The quantitative estimate of drug-likeness (QED) is 0.266. The fourth-order valence-electron chi connectivity index (χ4n) is 0.927. The van der Waals surface area contributed by atoms with Crippen LogP contribution in [0.2, 0.25) is 0 Å². The fraction of sp³-hybridized carbons (Fsp3) is 0.143. The van der Waals surface area contributed by atoms with Crippen LogP contribution < -0.4 is 28.7 Å². The summed E-state index contributed by atoms with van der Waals surface area (Å²) in [6, 6.07) is 4.79. The number of hydrogen-bond acceptors (Lipinski definition) is 5. The summed E-state index contributed by atoms with van der Waals surface area (Å²) in [6.07, 6.45) is 0. The van der Waals surface area contributed by atoms with Crippen molar-refractivity contribution in [2.75, 3.05) is 11.5 Å². The molecule has 0 bridgehead atoms. The molecule has 10 N–H and O–H groups in total. The van der Waals surface area contributed by atoms with Gasteiger partial charge in [0.05, 0.1) is 0 Å². The van der Waals surface area contributed by atoms with Gasteiger partial charge in [-0.15, -0.1) is 0 Å². The number of nitrogens with two attached hydrogens (primary N) is 5. The molecule has 0 atom stereocenters. The first kappa shape index (κ1) is 8.79. The summed E-state index contributed by atoms with van der Waals surface area (Å²) in [5, 5.41) is 0. The number of benzene rings is 1. The predicted molar refractivity (Wildman–Crippen MR) is 49.5 cm³/mol. The highest BCUT2D eigenvalue weighted by molar-refractivity contribution is 5.55. The Morgan fingerprint density at radius 1 is 0.833 bits per heavy atom. The zero-order valence-corrected chi connectivity index (χ0v) is 6.62. The maximum Gasteiger partial charge on any atom is 0.143 e. The van der Waals surface area contributed by atoms with Gasteiger partial charge in [-0.05, 0) is 18.2 Å². The first-order valence-corrected chi connectivity index (χ1v) is 3.43. The van der Waals surface area contributed by atoms with E-state index in [9.17, 15) is 0 Å². The smallest absolute Gasteiger partial charge is 0.143 e. The molecule has 0 aliphatic rings. The van der Waals surface area contributed by atoms with Gasteiger partial charge in [0.1, 0.15) is 5.79 Å². The average molecular weight is 167 g/mol. The molecule has 5 nitrogen and oxygen atoms in total. The molecule has 0 aromatic heterocycles. The molecule has 1 aromatic carbocycles. The topological polar surface area (TPSA) is 130 Å². The lowest BCUT2D eigenvalue weighted by Gasteiger charge is -2.19. The van der Waals surface area contributed by atoms with E-state index in [-0.39, 0.29) is 0 Å². The first-order valence-electron chi connectivity index (χ1n) is 3.43. The third kappa shape index (κ3) is 1.85. The highest BCUT2D eigenvalue weighted by Crippen LogP contribution is 2.16. The molecule has 1 rings (SSSR count).